The second kappa shape index (κ2) is 5.23. The molecule has 2 N–H and O–H groups in total. The lowest BCUT2D eigenvalue weighted by atomic mass is 9.95. The van der Waals surface area contributed by atoms with Gasteiger partial charge in [-0.15, -0.1) is 0 Å². The van der Waals surface area contributed by atoms with Crippen LogP contribution < -0.4 is 10.6 Å². The van der Waals surface area contributed by atoms with E-state index in [1.807, 2.05) is 6.07 Å². The Morgan fingerprint density at radius 1 is 1.36 bits per heavy atom. The molecule has 1 aromatic rings. The Bertz CT molecular complexity index is 588. The van der Waals surface area contributed by atoms with E-state index >= 15 is 0 Å². The highest BCUT2D eigenvalue weighted by Gasteiger charge is 2.45. The van der Waals surface area contributed by atoms with Gasteiger partial charge in [0.05, 0.1) is 18.2 Å². The van der Waals surface area contributed by atoms with Crippen LogP contribution in [-0.2, 0) is 10.2 Å². The van der Waals surface area contributed by atoms with Crippen molar-refractivity contribution < 1.29 is 13.9 Å². The maximum atomic E-state index is 13.4. The van der Waals surface area contributed by atoms with E-state index in [2.05, 4.69) is 10.6 Å². The summed E-state index contributed by atoms with van der Waals surface area (Å²) in [6.07, 6.45) is 5.59. The van der Waals surface area contributed by atoms with Crippen molar-refractivity contribution >= 4 is 6.03 Å². The van der Waals surface area contributed by atoms with E-state index in [0.29, 0.717) is 12.6 Å². The Hall–Kier alpha value is -1.62. The number of halogens is 1. The van der Waals surface area contributed by atoms with E-state index in [0.717, 1.165) is 37.7 Å². The highest BCUT2D eigenvalue weighted by Crippen LogP contribution is 2.47. The van der Waals surface area contributed by atoms with E-state index in [9.17, 15) is 9.18 Å². The summed E-state index contributed by atoms with van der Waals surface area (Å²) in [7, 11) is 0. The number of carbonyl (C=O) groups excluding carboxylic acids is 1. The first-order valence-electron chi connectivity index (χ1n) is 8.11. The maximum absolute atomic E-state index is 13.4. The number of rotatable bonds is 4. The summed E-state index contributed by atoms with van der Waals surface area (Å²) in [6.45, 7) is 0.559. The molecule has 1 aliphatic carbocycles. The number of nitrogens with one attached hydrogen (secondary N) is 2. The molecule has 0 unspecified atom stereocenters. The molecule has 4 nitrogen and oxygen atoms in total. The van der Waals surface area contributed by atoms with Gasteiger partial charge in [0.15, 0.2) is 0 Å². The first-order valence-corrected chi connectivity index (χ1v) is 8.11. The standard InChI is InChI=1S/C17H21FN2O2/c18-12-3-1-2-11(8-12)17(6-7-17)10-19-16(21)20-14-9-13-4-5-15(14)22-13/h1-3,8,13-15H,4-7,9-10H2,(H2,19,20,21)/t13-,14-,15-/m1/s1. The van der Waals surface area contributed by atoms with Crippen LogP contribution in [0.25, 0.3) is 0 Å². The molecule has 118 valence electrons. The fraction of sp³-hybridized carbons (Fsp3) is 0.588. The first kappa shape index (κ1) is 14.0. The van der Waals surface area contributed by atoms with Gasteiger partial charge in [-0.1, -0.05) is 12.1 Å². The normalized spacial score (nSPS) is 31.0. The fourth-order valence-electron chi connectivity index (χ4n) is 3.80. The van der Waals surface area contributed by atoms with Crippen LogP contribution in [0.2, 0.25) is 0 Å². The lowest BCUT2D eigenvalue weighted by Gasteiger charge is -2.22. The molecule has 1 saturated carbocycles. The van der Waals surface area contributed by atoms with E-state index in [1.54, 1.807) is 12.1 Å². The monoisotopic (exact) mass is 304 g/mol. The number of amides is 2. The molecular formula is C17H21FN2O2. The maximum Gasteiger partial charge on any atom is 0.315 e. The van der Waals surface area contributed by atoms with Crippen molar-refractivity contribution in [1.82, 2.24) is 10.6 Å². The molecule has 5 heteroatoms. The third-order valence-electron chi connectivity index (χ3n) is 5.30. The van der Waals surface area contributed by atoms with Crippen molar-refractivity contribution in [2.75, 3.05) is 6.54 Å². The number of fused-ring (bicyclic) bond motifs is 2. The van der Waals surface area contributed by atoms with Gasteiger partial charge in [-0.05, 0) is 49.8 Å². The van der Waals surface area contributed by atoms with Gasteiger partial charge in [0.2, 0.25) is 0 Å². The van der Waals surface area contributed by atoms with Gasteiger partial charge in [0.25, 0.3) is 0 Å². The molecule has 3 fully saturated rings. The second-order valence-electron chi connectivity index (χ2n) is 6.83. The molecule has 0 spiro atoms. The zero-order valence-electron chi connectivity index (χ0n) is 12.5. The highest BCUT2D eigenvalue weighted by molar-refractivity contribution is 5.74. The van der Waals surface area contributed by atoms with E-state index in [-0.39, 0.29) is 29.4 Å². The molecule has 4 rings (SSSR count). The summed E-state index contributed by atoms with van der Waals surface area (Å²) in [4.78, 5) is 12.1. The van der Waals surface area contributed by atoms with Crippen molar-refractivity contribution in [2.45, 2.75) is 55.8 Å². The number of urea groups is 1. The van der Waals surface area contributed by atoms with Crippen LogP contribution in [0.1, 0.15) is 37.7 Å². The van der Waals surface area contributed by atoms with Crippen molar-refractivity contribution in [3.63, 3.8) is 0 Å². The van der Waals surface area contributed by atoms with Gasteiger partial charge in [-0.2, -0.15) is 0 Å². The molecule has 0 aromatic heterocycles. The highest BCUT2D eigenvalue weighted by atomic mass is 19.1. The second-order valence-corrected chi connectivity index (χ2v) is 6.83. The first-order chi connectivity index (χ1) is 10.6. The lowest BCUT2D eigenvalue weighted by Crippen LogP contribution is -2.48. The van der Waals surface area contributed by atoms with Crippen molar-refractivity contribution in [3.8, 4) is 0 Å². The van der Waals surface area contributed by atoms with E-state index in [1.165, 1.54) is 6.07 Å². The Morgan fingerprint density at radius 2 is 2.23 bits per heavy atom. The summed E-state index contributed by atoms with van der Waals surface area (Å²) in [6, 6.07) is 6.72. The summed E-state index contributed by atoms with van der Waals surface area (Å²) >= 11 is 0. The molecule has 0 radical (unpaired) electrons. The summed E-state index contributed by atoms with van der Waals surface area (Å²) in [5, 5.41) is 5.99. The number of hydrogen-bond acceptors (Lipinski definition) is 2. The van der Waals surface area contributed by atoms with Gasteiger partial charge in [0.1, 0.15) is 5.82 Å². The molecule has 3 aliphatic rings. The van der Waals surface area contributed by atoms with Gasteiger partial charge in [-0.3, -0.25) is 0 Å². The minimum absolute atomic E-state index is 0.0787. The molecule has 2 amide bonds. The Kier molecular flexibility index (Phi) is 3.33. The minimum Gasteiger partial charge on any atom is -0.373 e. The van der Waals surface area contributed by atoms with Crippen LogP contribution in [-0.4, -0.2) is 30.8 Å². The zero-order chi connectivity index (χ0) is 15.2. The third kappa shape index (κ3) is 2.58. The van der Waals surface area contributed by atoms with Crippen molar-refractivity contribution in [3.05, 3.63) is 35.6 Å². The topological polar surface area (TPSA) is 50.4 Å². The summed E-state index contributed by atoms with van der Waals surface area (Å²) in [5.41, 5.74) is 0.904. The number of carbonyl (C=O) groups is 1. The van der Waals surface area contributed by atoms with Crippen LogP contribution in [0.5, 0.6) is 0 Å². The molecule has 1 aromatic carbocycles. The Labute approximate surface area is 129 Å². The molecule has 3 atom stereocenters. The zero-order valence-corrected chi connectivity index (χ0v) is 12.5. The smallest absolute Gasteiger partial charge is 0.315 e. The van der Waals surface area contributed by atoms with Crippen molar-refractivity contribution in [1.29, 1.82) is 0 Å². The van der Waals surface area contributed by atoms with E-state index < -0.39 is 0 Å². The van der Waals surface area contributed by atoms with Gasteiger partial charge in [0, 0.05) is 12.0 Å². The van der Waals surface area contributed by atoms with Crippen LogP contribution in [0.3, 0.4) is 0 Å². The van der Waals surface area contributed by atoms with Gasteiger partial charge < -0.3 is 15.4 Å². The van der Waals surface area contributed by atoms with E-state index in [4.69, 9.17) is 4.74 Å². The lowest BCUT2D eigenvalue weighted by molar-refractivity contribution is 0.0981. The third-order valence-corrected chi connectivity index (χ3v) is 5.30. The van der Waals surface area contributed by atoms with Crippen molar-refractivity contribution in [2.24, 2.45) is 0 Å². The molecule has 2 aliphatic heterocycles. The fourth-order valence-corrected chi connectivity index (χ4v) is 3.80. The SMILES string of the molecule is O=C(NCC1(c2cccc(F)c2)CC1)N[C@@H]1C[C@H]2CC[C@H]1O2. The molecule has 22 heavy (non-hydrogen) atoms. The average molecular weight is 304 g/mol. The van der Waals surface area contributed by atoms with Crippen LogP contribution in [0, 0.1) is 5.82 Å². The van der Waals surface area contributed by atoms with Gasteiger partial charge in [-0.25, -0.2) is 9.18 Å². The predicted molar refractivity (Wildman–Crippen MR) is 80.1 cm³/mol. The number of ether oxygens (including phenoxy) is 1. The van der Waals surface area contributed by atoms with Crippen LogP contribution in [0.4, 0.5) is 9.18 Å². The van der Waals surface area contributed by atoms with Crippen LogP contribution in [0.15, 0.2) is 24.3 Å². The molecule has 2 saturated heterocycles. The number of benzene rings is 1. The number of hydrogen-bond donors (Lipinski definition) is 2. The van der Waals surface area contributed by atoms with Crippen LogP contribution >= 0.6 is 0 Å². The largest absolute Gasteiger partial charge is 0.373 e. The summed E-state index contributed by atoms with van der Waals surface area (Å²) in [5.74, 6) is -0.215. The Balaban J connectivity index is 1.32. The molecule has 2 heterocycles. The predicted octanol–water partition coefficient (Wildman–Crippen LogP) is 2.48. The summed E-state index contributed by atoms with van der Waals surface area (Å²) < 4.78 is 19.1. The molecule has 2 bridgehead atoms. The molecular weight excluding hydrogens is 283 g/mol. The van der Waals surface area contributed by atoms with Gasteiger partial charge >= 0.3 is 6.03 Å². The Morgan fingerprint density at radius 3 is 2.86 bits per heavy atom. The minimum atomic E-state index is -0.215. The average Bonchev–Trinajstić information content (AvgIpc) is 3.02. The quantitative estimate of drug-likeness (QED) is 0.898.